The molecule has 2 saturated heterocycles. The minimum Gasteiger partial charge on any atom is -0.453 e. The van der Waals surface area contributed by atoms with Gasteiger partial charge in [-0.25, -0.2) is 24.4 Å². The number of benzene rings is 3. The van der Waals surface area contributed by atoms with Crippen molar-refractivity contribution in [3.05, 3.63) is 72.4 Å². The van der Waals surface area contributed by atoms with Crippen LogP contribution in [0.4, 0.5) is 14.4 Å². The molecule has 312 valence electrons. The van der Waals surface area contributed by atoms with E-state index in [-0.39, 0.29) is 35.9 Å². The SMILES string of the molecule is CC[C@H](C)[C@H](NC(=O)OC)NC(=O)N1CCC[C@H]1c1nc2ccc(-c3ccc4cc(-c5cnc([C@@H]6CCCN6C(=O)[C@@H](NC(=O)OC)[C@@H](C)CC)[nH]5)ccc4c3)cc2[nH]1. The quantitative estimate of drug-likeness (QED) is 0.0791. The second-order valence-electron chi connectivity index (χ2n) is 15.8. The normalized spacial score (nSPS) is 18.7. The molecule has 7 rings (SSSR count). The molecule has 5 aromatic rings. The number of aromatic amines is 2. The van der Waals surface area contributed by atoms with Crippen LogP contribution < -0.4 is 16.0 Å². The first-order valence-electron chi connectivity index (χ1n) is 20.7. The number of nitrogens with zero attached hydrogens (tertiary/aromatic N) is 4. The van der Waals surface area contributed by atoms with E-state index in [0.29, 0.717) is 13.1 Å². The van der Waals surface area contributed by atoms with E-state index in [9.17, 15) is 19.2 Å². The Bertz CT molecular complexity index is 2320. The molecule has 3 aromatic carbocycles. The minimum absolute atomic E-state index is 0.00634. The van der Waals surface area contributed by atoms with E-state index in [1.807, 2.05) is 44.9 Å². The van der Waals surface area contributed by atoms with Crippen LogP contribution in [0.15, 0.2) is 60.8 Å². The van der Waals surface area contributed by atoms with E-state index in [1.165, 1.54) is 14.2 Å². The average Bonchev–Trinajstić information content (AvgIpc) is 4.10. The summed E-state index contributed by atoms with van der Waals surface area (Å²) < 4.78 is 9.60. The molecule has 6 atom stereocenters. The van der Waals surface area contributed by atoms with Crippen LogP contribution in [-0.4, -0.2) is 93.4 Å². The molecule has 15 nitrogen and oxygen atoms in total. The highest BCUT2D eigenvalue weighted by molar-refractivity contribution is 5.92. The summed E-state index contributed by atoms with van der Waals surface area (Å²) in [7, 11) is 2.61. The van der Waals surface area contributed by atoms with Crippen molar-refractivity contribution < 1.29 is 28.7 Å². The number of nitrogens with one attached hydrogen (secondary N) is 5. The summed E-state index contributed by atoms with van der Waals surface area (Å²) in [6.07, 6.45) is 4.80. The molecule has 15 heteroatoms. The number of methoxy groups -OCH3 is 2. The number of rotatable bonds is 12. The zero-order valence-corrected chi connectivity index (χ0v) is 34.6. The van der Waals surface area contributed by atoms with Gasteiger partial charge in [-0.2, -0.15) is 0 Å². The molecule has 0 saturated carbocycles. The Kier molecular flexibility index (Phi) is 12.4. The zero-order chi connectivity index (χ0) is 41.8. The fourth-order valence-electron chi connectivity index (χ4n) is 8.23. The lowest BCUT2D eigenvalue weighted by molar-refractivity contribution is -0.135. The molecular weight excluding hydrogens is 751 g/mol. The maximum Gasteiger partial charge on any atom is 0.408 e. The summed E-state index contributed by atoms with van der Waals surface area (Å²) in [6, 6.07) is 17.5. The Morgan fingerprint density at radius 3 is 2.05 bits per heavy atom. The number of aromatic nitrogens is 4. The number of hydrogen-bond acceptors (Lipinski definition) is 8. The number of likely N-dealkylation sites (tertiary alicyclic amines) is 2. The summed E-state index contributed by atoms with van der Waals surface area (Å²) in [4.78, 5) is 71.6. The lowest BCUT2D eigenvalue weighted by Crippen LogP contribution is -2.55. The molecule has 59 heavy (non-hydrogen) atoms. The maximum absolute atomic E-state index is 13.8. The third-order valence-corrected chi connectivity index (χ3v) is 12.1. The molecular formula is C44H55N9O6. The maximum atomic E-state index is 13.8. The highest BCUT2D eigenvalue weighted by atomic mass is 16.5. The van der Waals surface area contributed by atoms with E-state index in [0.717, 1.165) is 94.4 Å². The van der Waals surface area contributed by atoms with Gasteiger partial charge in [-0.15, -0.1) is 0 Å². The van der Waals surface area contributed by atoms with Crippen molar-refractivity contribution in [2.24, 2.45) is 11.8 Å². The lowest BCUT2D eigenvalue weighted by Gasteiger charge is -2.30. The first kappa shape index (κ1) is 41.1. The lowest BCUT2D eigenvalue weighted by atomic mass is 9.97. The minimum atomic E-state index is -0.678. The number of fused-ring (bicyclic) bond motifs is 2. The molecule has 2 aliphatic rings. The molecule has 2 fully saturated rings. The molecule has 0 bridgehead atoms. The second-order valence-corrected chi connectivity index (χ2v) is 15.8. The van der Waals surface area contributed by atoms with Crippen LogP contribution in [0, 0.1) is 11.8 Å². The van der Waals surface area contributed by atoms with E-state index in [4.69, 9.17) is 19.4 Å². The van der Waals surface area contributed by atoms with Crippen molar-refractivity contribution in [3.63, 3.8) is 0 Å². The first-order valence-corrected chi connectivity index (χ1v) is 20.7. The van der Waals surface area contributed by atoms with Crippen molar-refractivity contribution in [2.75, 3.05) is 27.3 Å². The van der Waals surface area contributed by atoms with Crippen LogP contribution in [0.5, 0.6) is 0 Å². The monoisotopic (exact) mass is 805 g/mol. The van der Waals surface area contributed by atoms with Gasteiger partial charge in [0.15, 0.2) is 0 Å². The Labute approximate surface area is 344 Å². The van der Waals surface area contributed by atoms with E-state index in [1.54, 1.807) is 4.90 Å². The number of carbonyl (C=O) groups excluding carboxylic acids is 4. The van der Waals surface area contributed by atoms with Crippen molar-refractivity contribution in [3.8, 4) is 22.4 Å². The van der Waals surface area contributed by atoms with Crippen LogP contribution in [0.3, 0.4) is 0 Å². The van der Waals surface area contributed by atoms with E-state index in [2.05, 4.69) is 74.4 Å². The van der Waals surface area contributed by atoms with Crippen molar-refractivity contribution in [2.45, 2.75) is 90.5 Å². The number of alkyl carbamates (subject to hydrolysis) is 2. The Morgan fingerprint density at radius 1 is 0.746 bits per heavy atom. The third-order valence-electron chi connectivity index (χ3n) is 12.1. The van der Waals surface area contributed by atoms with Crippen molar-refractivity contribution in [1.29, 1.82) is 0 Å². The van der Waals surface area contributed by atoms with E-state index >= 15 is 0 Å². The molecule has 0 aliphatic carbocycles. The third kappa shape index (κ3) is 8.69. The highest BCUT2D eigenvalue weighted by Crippen LogP contribution is 2.36. The molecule has 0 spiro atoms. The molecule has 5 amide bonds. The number of ether oxygens (including phenoxy) is 2. The molecule has 2 aliphatic heterocycles. The molecule has 4 heterocycles. The number of H-pyrrole nitrogens is 2. The zero-order valence-electron chi connectivity index (χ0n) is 34.6. The fourth-order valence-corrected chi connectivity index (χ4v) is 8.23. The second kappa shape index (κ2) is 17.8. The standard InChI is InChI=1S/C44H55N9O6/c1-7-25(3)37(49-43(56)58-5)41(54)52-19-9-11-35(52)39-45-24-34(48-39)31-16-15-27-21-28(13-14-29(27)22-31)30-17-18-32-33(23-30)47-40(46-32)36-12-10-20-53(36)42(55)50-38(26(4)8-2)51-44(57)59-6/h13-18,21-26,35-38H,7-12,19-20H2,1-6H3,(H,45,48)(H,46,47)(H,49,56)(H,50,55)(H,51,57)/t25-,26-,35-,36-,37-,38-/m0/s1. The number of hydrogen-bond donors (Lipinski definition) is 5. The predicted octanol–water partition coefficient (Wildman–Crippen LogP) is 7.78. The number of amides is 5. The smallest absolute Gasteiger partial charge is 0.408 e. The summed E-state index contributed by atoms with van der Waals surface area (Å²) in [5.74, 6) is 1.29. The van der Waals surface area contributed by atoms with E-state index < -0.39 is 24.4 Å². The molecule has 0 radical (unpaired) electrons. The average molecular weight is 806 g/mol. The summed E-state index contributed by atoms with van der Waals surface area (Å²) in [5.41, 5.74) is 5.66. The highest BCUT2D eigenvalue weighted by Gasteiger charge is 2.38. The topological polar surface area (TPSA) is 187 Å². The van der Waals surface area contributed by atoms with Gasteiger partial charge in [0.1, 0.15) is 23.9 Å². The largest absolute Gasteiger partial charge is 0.453 e. The van der Waals surface area contributed by atoms with Gasteiger partial charge in [-0.05, 0) is 90.1 Å². The first-order chi connectivity index (χ1) is 28.5. The van der Waals surface area contributed by atoms with Gasteiger partial charge in [0.25, 0.3) is 0 Å². The van der Waals surface area contributed by atoms with Crippen LogP contribution in [-0.2, 0) is 14.3 Å². The van der Waals surface area contributed by atoms with Crippen molar-refractivity contribution in [1.82, 2.24) is 45.7 Å². The van der Waals surface area contributed by atoms with Gasteiger partial charge in [-0.1, -0.05) is 64.4 Å². The van der Waals surface area contributed by atoms with Gasteiger partial charge in [0, 0.05) is 18.7 Å². The van der Waals surface area contributed by atoms with Gasteiger partial charge in [0.2, 0.25) is 5.91 Å². The van der Waals surface area contributed by atoms with Gasteiger partial charge >= 0.3 is 18.2 Å². The summed E-state index contributed by atoms with van der Waals surface area (Å²) in [5, 5.41) is 10.7. The van der Waals surface area contributed by atoms with Gasteiger partial charge in [-0.3, -0.25) is 4.79 Å². The van der Waals surface area contributed by atoms with Crippen LogP contribution >= 0.6 is 0 Å². The van der Waals surface area contributed by atoms with Crippen LogP contribution in [0.25, 0.3) is 44.2 Å². The Hall–Kier alpha value is -6.12. The molecule has 5 N–H and O–H groups in total. The number of imidazole rings is 2. The van der Waals surface area contributed by atoms with Gasteiger partial charge < -0.3 is 45.2 Å². The predicted molar refractivity (Wildman–Crippen MR) is 225 cm³/mol. The number of urea groups is 1. The number of carbonyl (C=O) groups is 4. The van der Waals surface area contributed by atoms with Crippen molar-refractivity contribution >= 4 is 45.9 Å². The molecule has 0 unspecified atom stereocenters. The Morgan fingerprint density at radius 2 is 1.36 bits per heavy atom. The Balaban J connectivity index is 1.05. The van der Waals surface area contributed by atoms with Crippen LogP contribution in [0.2, 0.25) is 0 Å². The summed E-state index contributed by atoms with van der Waals surface area (Å²) >= 11 is 0. The van der Waals surface area contributed by atoms with Crippen LogP contribution in [0.1, 0.15) is 90.0 Å². The fraction of sp³-hybridized carbons (Fsp3) is 0.455. The van der Waals surface area contributed by atoms with Gasteiger partial charge in [0.05, 0.1) is 49.2 Å². The molecule has 2 aromatic heterocycles. The summed E-state index contributed by atoms with van der Waals surface area (Å²) in [6.45, 7) is 9.11.